The van der Waals surface area contributed by atoms with Crippen LogP contribution in [-0.4, -0.2) is 36.1 Å². The zero-order valence-electron chi connectivity index (χ0n) is 19.1. The monoisotopic (exact) mass is 544 g/mol. The molecular formula is C26H19Cl2FN2O4S. The number of halogens is 3. The number of rotatable bonds is 6. The van der Waals surface area contributed by atoms with Gasteiger partial charge in [0.1, 0.15) is 12.4 Å². The van der Waals surface area contributed by atoms with E-state index in [2.05, 4.69) is 4.99 Å². The summed E-state index contributed by atoms with van der Waals surface area (Å²) in [4.78, 5) is 30.8. The van der Waals surface area contributed by atoms with Crippen molar-refractivity contribution in [1.29, 1.82) is 0 Å². The van der Waals surface area contributed by atoms with Gasteiger partial charge < -0.3 is 9.47 Å². The highest BCUT2D eigenvalue weighted by Crippen LogP contribution is 2.38. The van der Waals surface area contributed by atoms with Crippen molar-refractivity contribution in [3.63, 3.8) is 0 Å². The van der Waals surface area contributed by atoms with E-state index in [1.807, 2.05) is 0 Å². The fourth-order valence-electron chi connectivity index (χ4n) is 3.27. The van der Waals surface area contributed by atoms with Crippen molar-refractivity contribution in [1.82, 2.24) is 4.90 Å². The summed E-state index contributed by atoms with van der Waals surface area (Å²) in [5, 5.41) is 0.933. The normalized spacial score (nSPS) is 15.6. The largest absolute Gasteiger partial charge is 0.486 e. The van der Waals surface area contributed by atoms with Gasteiger partial charge in [0.25, 0.3) is 5.91 Å². The summed E-state index contributed by atoms with van der Waals surface area (Å²) >= 11 is 14.0. The van der Waals surface area contributed by atoms with E-state index in [0.29, 0.717) is 32.5 Å². The molecule has 0 atom stereocenters. The van der Waals surface area contributed by atoms with E-state index < -0.39 is 5.97 Å². The van der Waals surface area contributed by atoms with E-state index in [4.69, 9.17) is 32.7 Å². The lowest BCUT2D eigenvalue weighted by atomic mass is 10.2. The minimum Gasteiger partial charge on any atom is -0.486 e. The fraction of sp³-hybridized carbons (Fsp3) is 0.115. The second-order valence-corrected chi connectivity index (χ2v) is 9.42. The van der Waals surface area contributed by atoms with Crippen LogP contribution in [0.3, 0.4) is 0 Å². The summed E-state index contributed by atoms with van der Waals surface area (Å²) in [7, 11) is 2.93. The van der Waals surface area contributed by atoms with Crippen molar-refractivity contribution in [2.45, 2.75) is 6.61 Å². The first-order valence-electron chi connectivity index (χ1n) is 10.6. The summed E-state index contributed by atoms with van der Waals surface area (Å²) in [6.07, 6.45) is 1.66. The van der Waals surface area contributed by atoms with Gasteiger partial charge in [0.15, 0.2) is 10.9 Å². The molecule has 0 N–H and O–H groups in total. The van der Waals surface area contributed by atoms with Crippen LogP contribution >= 0.6 is 35.0 Å². The van der Waals surface area contributed by atoms with Gasteiger partial charge in [0.05, 0.1) is 33.3 Å². The molecule has 6 nitrogen and oxygen atoms in total. The Morgan fingerprint density at radius 1 is 1.11 bits per heavy atom. The van der Waals surface area contributed by atoms with Crippen LogP contribution in [0.4, 0.5) is 10.1 Å². The third-order valence-electron chi connectivity index (χ3n) is 5.16. The molecule has 0 spiro atoms. The molecule has 3 aromatic rings. The summed E-state index contributed by atoms with van der Waals surface area (Å²) < 4.78 is 24.2. The standard InChI is InChI=1S/C26H19Cl2FN2O4S/c1-31-24(32)22(36-26(31)30-18-9-7-16(8-10-18)25(33)34-2)13-15-11-19(27)23(20(28)12-15)35-14-17-5-3-4-6-21(17)29/h3-13H,14H2,1-2H3. The molecule has 0 radical (unpaired) electrons. The van der Waals surface area contributed by atoms with Crippen molar-refractivity contribution in [2.24, 2.45) is 4.99 Å². The number of hydrogen-bond acceptors (Lipinski definition) is 6. The Morgan fingerprint density at radius 2 is 1.78 bits per heavy atom. The van der Waals surface area contributed by atoms with E-state index in [1.54, 1.807) is 67.7 Å². The number of amidine groups is 1. The van der Waals surface area contributed by atoms with Crippen LogP contribution in [-0.2, 0) is 16.1 Å². The average Bonchev–Trinajstić information content (AvgIpc) is 3.12. The van der Waals surface area contributed by atoms with E-state index in [0.717, 1.165) is 0 Å². The number of nitrogens with zero attached hydrogens (tertiary/aromatic N) is 2. The molecule has 0 aliphatic carbocycles. The van der Waals surface area contributed by atoms with Crippen LogP contribution in [0.2, 0.25) is 10.0 Å². The lowest BCUT2D eigenvalue weighted by Crippen LogP contribution is -2.23. The fourth-order valence-corrected chi connectivity index (χ4v) is 4.87. The first kappa shape index (κ1) is 25.8. The Hall–Kier alpha value is -3.33. The summed E-state index contributed by atoms with van der Waals surface area (Å²) in [5.74, 6) is -0.840. The number of benzene rings is 3. The minimum atomic E-state index is -0.442. The van der Waals surface area contributed by atoms with Gasteiger partial charge >= 0.3 is 5.97 Å². The Labute approximate surface area is 221 Å². The van der Waals surface area contributed by atoms with Gasteiger partial charge in [0, 0.05) is 12.6 Å². The topological polar surface area (TPSA) is 68.2 Å². The Bertz CT molecular complexity index is 1370. The number of amides is 1. The van der Waals surface area contributed by atoms with Gasteiger partial charge in [-0.25, -0.2) is 14.2 Å². The first-order chi connectivity index (χ1) is 17.3. The van der Waals surface area contributed by atoms with Crippen LogP contribution in [0.25, 0.3) is 6.08 Å². The smallest absolute Gasteiger partial charge is 0.337 e. The zero-order chi connectivity index (χ0) is 25.8. The molecule has 0 bridgehead atoms. The molecule has 10 heteroatoms. The van der Waals surface area contributed by atoms with Crippen molar-refractivity contribution in [3.05, 3.63) is 98.1 Å². The Balaban J connectivity index is 1.52. The molecule has 0 unspecified atom stereocenters. The summed E-state index contributed by atoms with van der Waals surface area (Å²) in [6.45, 7) is -0.0356. The molecule has 4 rings (SSSR count). The zero-order valence-corrected chi connectivity index (χ0v) is 21.5. The van der Waals surface area contributed by atoms with Crippen molar-refractivity contribution in [2.75, 3.05) is 14.2 Å². The summed E-state index contributed by atoms with van der Waals surface area (Å²) in [5.41, 5.74) is 1.95. The number of carbonyl (C=O) groups is 2. The Kier molecular flexibility index (Phi) is 7.98. The first-order valence-corrected chi connectivity index (χ1v) is 12.1. The third-order valence-corrected chi connectivity index (χ3v) is 6.79. The number of thioether (sulfide) groups is 1. The highest BCUT2D eigenvalue weighted by molar-refractivity contribution is 8.18. The van der Waals surface area contributed by atoms with Crippen LogP contribution in [0, 0.1) is 5.82 Å². The number of hydrogen-bond donors (Lipinski definition) is 0. The SMILES string of the molecule is COC(=O)c1ccc(N=C2SC(=Cc3cc(Cl)c(OCc4ccccc4F)c(Cl)c3)C(=O)N2C)cc1. The lowest BCUT2D eigenvalue weighted by molar-refractivity contribution is -0.121. The van der Waals surface area contributed by atoms with Crippen LogP contribution in [0.5, 0.6) is 5.75 Å². The molecule has 1 saturated heterocycles. The van der Waals surface area contributed by atoms with Crippen LogP contribution in [0.1, 0.15) is 21.5 Å². The third kappa shape index (κ3) is 5.73. The van der Waals surface area contributed by atoms with E-state index in [-0.39, 0.29) is 34.1 Å². The molecule has 36 heavy (non-hydrogen) atoms. The van der Waals surface area contributed by atoms with E-state index >= 15 is 0 Å². The molecule has 1 aliphatic rings. The predicted molar refractivity (Wildman–Crippen MR) is 140 cm³/mol. The molecule has 1 heterocycles. The average molecular weight is 545 g/mol. The minimum absolute atomic E-state index is 0.0356. The number of carbonyl (C=O) groups excluding carboxylic acids is 2. The highest BCUT2D eigenvalue weighted by Gasteiger charge is 2.30. The number of aliphatic imine (C=N–C) groups is 1. The Morgan fingerprint density at radius 3 is 2.42 bits per heavy atom. The number of ether oxygens (including phenoxy) is 2. The predicted octanol–water partition coefficient (Wildman–Crippen LogP) is 6.73. The van der Waals surface area contributed by atoms with E-state index in [9.17, 15) is 14.0 Å². The van der Waals surface area contributed by atoms with Gasteiger partial charge in [-0.15, -0.1) is 0 Å². The maximum absolute atomic E-state index is 13.9. The van der Waals surface area contributed by atoms with E-state index in [1.165, 1.54) is 29.8 Å². The van der Waals surface area contributed by atoms with Gasteiger partial charge in [-0.2, -0.15) is 0 Å². The van der Waals surface area contributed by atoms with Crippen molar-refractivity contribution in [3.8, 4) is 5.75 Å². The second-order valence-electron chi connectivity index (χ2n) is 7.60. The van der Waals surface area contributed by atoms with Gasteiger partial charge in [0.2, 0.25) is 0 Å². The molecule has 1 fully saturated rings. The highest BCUT2D eigenvalue weighted by atomic mass is 35.5. The maximum Gasteiger partial charge on any atom is 0.337 e. The van der Waals surface area contributed by atoms with Gasteiger partial charge in [-0.05, 0) is 65.9 Å². The van der Waals surface area contributed by atoms with Gasteiger partial charge in [-0.3, -0.25) is 9.69 Å². The van der Waals surface area contributed by atoms with Crippen molar-refractivity contribution >= 4 is 63.8 Å². The molecule has 1 aliphatic heterocycles. The van der Waals surface area contributed by atoms with Gasteiger partial charge in [-0.1, -0.05) is 41.4 Å². The number of methoxy groups -OCH3 is 1. The maximum atomic E-state index is 13.9. The van der Waals surface area contributed by atoms with Crippen molar-refractivity contribution < 1.29 is 23.5 Å². The van der Waals surface area contributed by atoms with Crippen LogP contribution in [0.15, 0.2) is 70.6 Å². The molecule has 3 aromatic carbocycles. The van der Waals surface area contributed by atoms with Crippen LogP contribution < -0.4 is 4.74 Å². The summed E-state index contributed by atoms with van der Waals surface area (Å²) in [6, 6.07) is 16.0. The molecular weight excluding hydrogens is 526 g/mol. The molecule has 0 saturated carbocycles. The molecule has 1 amide bonds. The lowest BCUT2D eigenvalue weighted by Gasteiger charge is -2.11. The second kappa shape index (κ2) is 11.2. The molecule has 0 aromatic heterocycles. The number of esters is 1. The molecule has 184 valence electrons. The quantitative estimate of drug-likeness (QED) is 0.254. The number of likely N-dealkylation sites (N-methyl/N-ethyl adjacent to an activating group) is 1.